The van der Waals surface area contributed by atoms with Crippen LogP contribution in [-0.2, 0) is 21.4 Å². The van der Waals surface area contributed by atoms with Crippen LogP contribution in [0.15, 0.2) is 27.6 Å². The predicted molar refractivity (Wildman–Crippen MR) is 107 cm³/mol. The molecule has 1 N–H and O–H groups in total. The van der Waals surface area contributed by atoms with Gasteiger partial charge in [-0.25, -0.2) is 13.1 Å². The fourth-order valence-corrected chi connectivity index (χ4v) is 5.32. The monoisotopic (exact) mass is 432 g/mol. The summed E-state index contributed by atoms with van der Waals surface area (Å²) < 4.78 is 39.4. The number of nitrogens with one attached hydrogen (secondary N) is 1. The van der Waals surface area contributed by atoms with Crippen LogP contribution in [0.25, 0.3) is 0 Å². The van der Waals surface area contributed by atoms with Gasteiger partial charge in [-0.1, -0.05) is 24.4 Å². The number of fused-ring (bicyclic) bond motifs is 1. The smallest absolute Gasteiger partial charge is 0.265 e. The molecule has 5 rings (SSSR count). The lowest BCUT2D eigenvalue weighted by Gasteiger charge is -2.29. The molecule has 0 bridgehead atoms. The number of rotatable bonds is 6. The Morgan fingerprint density at radius 2 is 1.93 bits per heavy atom. The SMILES string of the molecule is O=C1COc2ccc(S(=O)(=O)NC3CCCCC3)cc2N1Cc1noc(C2CC2)n1. The summed E-state index contributed by atoms with van der Waals surface area (Å²) in [5, 5.41) is 3.98. The van der Waals surface area contributed by atoms with Crippen molar-refractivity contribution in [1.82, 2.24) is 14.9 Å². The number of hydrogen-bond acceptors (Lipinski definition) is 7. The topological polar surface area (TPSA) is 115 Å². The lowest BCUT2D eigenvalue weighted by Crippen LogP contribution is -2.39. The van der Waals surface area contributed by atoms with E-state index in [1.807, 2.05) is 0 Å². The normalized spacial score (nSPS) is 20.1. The highest BCUT2D eigenvalue weighted by molar-refractivity contribution is 7.89. The highest BCUT2D eigenvalue weighted by Gasteiger charge is 2.32. The number of sulfonamides is 1. The lowest BCUT2D eigenvalue weighted by molar-refractivity contribution is -0.121. The van der Waals surface area contributed by atoms with Crippen molar-refractivity contribution in [2.24, 2.45) is 0 Å². The summed E-state index contributed by atoms with van der Waals surface area (Å²) in [6.45, 7) is -0.0161. The van der Waals surface area contributed by atoms with Crippen LogP contribution in [0.5, 0.6) is 5.75 Å². The first-order valence-corrected chi connectivity index (χ1v) is 11.9. The number of aromatic nitrogens is 2. The summed E-state index contributed by atoms with van der Waals surface area (Å²) in [6, 6.07) is 4.54. The molecule has 3 aliphatic rings. The third kappa shape index (κ3) is 3.93. The minimum absolute atomic E-state index is 0.0473. The van der Waals surface area contributed by atoms with Crippen LogP contribution in [0.2, 0.25) is 0 Å². The van der Waals surface area contributed by atoms with Crippen LogP contribution in [0.1, 0.15) is 62.6 Å². The number of hydrogen-bond donors (Lipinski definition) is 1. The summed E-state index contributed by atoms with van der Waals surface area (Å²) in [5.74, 6) is 1.49. The van der Waals surface area contributed by atoms with E-state index in [2.05, 4.69) is 14.9 Å². The molecule has 1 amide bonds. The highest BCUT2D eigenvalue weighted by atomic mass is 32.2. The fourth-order valence-electron chi connectivity index (χ4n) is 4.00. The molecule has 0 atom stereocenters. The lowest BCUT2D eigenvalue weighted by atomic mass is 9.96. The molecule has 2 aromatic rings. The van der Waals surface area contributed by atoms with E-state index in [0.717, 1.165) is 44.9 Å². The van der Waals surface area contributed by atoms with E-state index in [4.69, 9.17) is 9.26 Å². The van der Waals surface area contributed by atoms with E-state index in [-0.39, 0.29) is 30.0 Å². The van der Waals surface area contributed by atoms with E-state index >= 15 is 0 Å². The molecule has 1 aromatic carbocycles. The number of anilines is 1. The minimum atomic E-state index is -3.70. The third-order valence-electron chi connectivity index (χ3n) is 5.82. The second-order valence-corrected chi connectivity index (χ2v) is 9.89. The van der Waals surface area contributed by atoms with Gasteiger partial charge in [-0.3, -0.25) is 9.69 Å². The first kappa shape index (κ1) is 19.5. The Kier molecular flexibility index (Phi) is 4.98. The second kappa shape index (κ2) is 7.66. The summed E-state index contributed by atoms with van der Waals surface area (Å²) in [4.78, 5) is 18.5. The number of carbonyl (C=O) groups is 1. The molecule has 0 saturated heterocycles. The number of ether oxygens (including phenoxy) is 1. The van der Waals surface area contributed by atoms with Crippen LogP contribution < -0.4 is 14.4 Å². The average Bonchev–Trinajstić information content (AvgIpc) is 3.49. The summed E-state index contributed by atoms with van der Waals surface area (Å²) in [7, 11) is -3.70. The fraction of sp³-hybridized carbons (Fsp3) is 0.550. The quantitative estimate of drug-likeness (QED) is 0.746. The standard InChI is InChI=1S/C20H24N4O5S/c25-19-12-28-17-9-8-15(30(26,27)23-14-4-2-1-3-5-14)10-16(17)24(19)11-18-21-20(29-22-18)13-6-7-13/h8-10,13-14,23H,1-7,11-12H2. The van der Waals surface area contributed by atoms with Gasteiger partial charge < -0.3 is 9.26 Å². The van der Waals surface area contributed by atoms with Crippen LogP contribution >= 0.6 is 0 Å². The van der Waals surface area contributed by atoms with Crippen molar-refractivity contribution in [2.75, 3.05) is 11.5 Å². The Bertz CT molecular complexity index is 1060. The number of nitrogens with zero attached hydrogens (tertiary/aromatic N) is 3. The first-order valence-electron chi connectivity index (χ1n) is 10.4. The molecule has 0 unspecified atom stereocenters. The third-order valence-corrected chi connectivity index (χ3v) is 7.34. The molecule has 30 heavy (non-hydrogen) atoms. The average molecular weight is 433 g/mol. The number of amides is 1. The summed E-state index contributed by atoms with van der Waals surface area (Å²) in [5.41, 5.74) is 0.399. The van der Waals surface area contributed by atoms with E-state index in [1.54, 1.807) is 6.07 Å². The van der Waals surface area contributed by atoms with Crippen LogP contribution in [-0.4, -0.2) is 37.1 Å². The highest BCUT2D eigenvalue weighted by Crippen LogP contribution is 2.39. The Balaban J connectivity index is 1.40. The molecule has 160 valence electrons. The van der Waals surface area contributed by atoms with Gasteiger partial charge in [-0.15, -0.1) is 0 Å². The van der Waals surface area contributed by atoms with Gasteiger partial charge in [0.25, 0.3) is 5.91 Å². The van der Waals surface area contributed by atoms with Crippen LogP contribution in [0.4, 0.5) is 5.69 Å². The van der Waals surface area contributed by atoms with Gasteiger partial charge in [0, 0.05) is 12.0 Å². The maximum absolute atomic E-state index is 12.9. The van der Waals surface area contributed by atoms with E-state index in [1.165, 1.54) is 17.0 Å². The Morgan fingerprint density at radius 3 is 2.70 bits per heavy atom. The summed E-state index contributed by atoms with van der Waals surface area (Å²) >= 11 is 0. The van der Waals surface area contributed by atoms with Crippen LogP contribution in [0.3, 0.4) is 0 Å². The second-order valence-electron chi connectivity index (χ2n) is 8.18. The van der Waals surface area contributed by atoms with Crippen molar-refractivity contribution in [2.45, 2.75) is 68.3 Å². The molecule has 0 radical (unpaired) electrons. The van der Waals surface area contributed by atoms with Crippen molar-refractivity contribution in [3.63, 3.8) is 0 Å². The van der Waals surface area contributed by atoms with Crippen molar-refractivity contribution < 1.29 is 22.5 Å². The van der Waals surface area contributed by atoms with E-state index < -0.39 is 10.0 Å². The van der Waals surface area contributed by atoms with Crippen molar-refractivity contribution in [3.05, 3.63) is 29.9 Å². The van der Waals surface area contributed by atoms with Gasteiger partial charge >= 0.3 is 0 Å². The maximum Gasteiger partial charge on any atom is 0.265 e. The van der Waals surface area contributed by atoms with Crippen LogP contribution in [0, 0.1) is 0 Å². The molecule has 0 spiro atoms. The molecular formula is C20H24N4O5S. The molecule has 2 saturated carbocycles. The molecule has 9 nitrogen and oxygen atoms in total. The zero-order valence-electron chi connectivity index (χ0n) is 16.5. The van der Waals surface area contributed by atoms with Crippen molar-refractivity contribution >= 4 is 21.6 Å². The molecule has 2 heterocycles. The maximum atomic E-state index is 12.9. The number of benzene rings is 1. The molecule has 2 fully saturated rings. The molecule has 1 aromatic heterocycles. The number of carbonyl (C=O) groups excluding carboxylic acids is 1. The van der Waals surface area contributed by atoms with Gasteiger partial charge in [0.15, 0.2) is 12.4 Å². The largest absolute Gasteiger partial charge is 0.482 e. The Hall–Kier alpha value is -2.46. The molecule has 10 heteroatoms. The minimum Gasteiger partial charge on any atom is -0.482 e. The summed E-state index contributed by atoms with van der Waals surface area (Å²) in [6.07, 6.45) is 6.97. The molecular weight excluding hydrogens is 408 g/mol. The zero-order valence-corrected chi connectivity index (χ0v) is 17.4. The first-order chi connectivity index (χ1) is 14.5. The van der Waals surface area contributed by atoms with Crippen molar-refractivity contribution in [3.8, 4) is 5.75 Å². The van der Waals surface area contributed by atoms with Crippen molar-refractivity contribution in [1.29, 1.82) is 0 Å². The van der Waals surface area contributed by atoms with Gasteiger partial charge in [0.1, 0.15) is 5.75 Å². The molecule has 1 aliphatic heterocycles. The predicted octanol–water partition coefficient (Wildman–Crippen LogP) is 2.48. The zero-order chi connectivity index (χ0) is 20.7. The van der Waals surface area contributed by atoms with Gasteiger partial charge in [-0.2, -0.15) is 4.98 Å². The molecule has 2 aliphatic carbocycles. The Labute approximate surface area is 174 Å². The Morgan fingerprint density at radius 1 is 1.13 bits per heavy atom. The van der Waals surface area contributed by atoms with Gasteiger partial charge in [0.05, 0.1) is 17.1 Å². The van der Waals surface area contributed by atoms with E-state index in [9.17, 15) is 13.2 Å². The van der Waals surface area contributed by atoms with Gasteiger partial charge in [-0.05, 0) is 43.9 Å². The van der Waals surface area contributed by atoms with Gasteiger partial charge in [0.2, 0.25) is 15.9 Å². The van der Waals surface area contributed by atoms with E-state index in [0.29, 0.717) is 29.1 Å².